The topological polar surface area (TPSA) is 60.2 Å². The minimum Gasteiger partial charge on any atom is -0.741 e. The van der Waals surface area contributed by atoms with Crippen LogP contribution in [0.15, 0.2) is 16.3 Å². The maximum atomic E-state index is 10.7. The summed E-state index contributed by atoms with van der Waals surface area (Å²) in [5.74, 6) is 0.801. The molecule has 0 amide bonds. The highest BCUT2D eigenvalue weighted by atomic mass is 32.2. The highest BCUT2D eigenvalue weighted by molar-refractivity contribution is 7.86. The van der Waals surface area contributed by atoms with Gasteiger partial charge in [-0.2, -0.15) is 24.5 Å². The van der Waals surface area contributed by atoms with Gasteiger partial charge in [-0.25, -0.2) is 13.0 Å². The Morgan fingerprint density at radius 1 is 1.25 bits per heavy atom. The van der Waals surface area contributed by atoms with Gasteiger partial charge in [0.05, 0.1) is 5.92 Å². The van der Waals surface area contributed by atoms with Crippen molar-refractivity contribution in [3.63, 3.8) is 0 Å². The van der Waals surface area contributed by atoms with Gasteiger partial charge in [-0.3, -0.25) is 0 Å². The molecule has 9 heteroatoms. The lowest BCUT2D eigenvalue weighted by molar-refractivity contribution is -0.529. The van der Waals surface area contributed by atoms with E-state index in [-0.39, 0.29) is 0 Å². The highest BCUT2D eigenvalue weighted by Gasteiger charge is 2.39. The van der Waals surface area contributed by atoms with Gasteiger partial charge in [0, 0.05) is 18.4 Å². The third kappa shape index (κ3) is 3.43. The Morgan fingerprint density at radius 3 is 2.62 bits per heavy atom. The quantitative estimate of drug-likeness (QED) is 0.396. The van der Waals surface area contributed by atoms with E-state index in [9.17, 15) is 13.2 Å². The first-order chi connectivity index (χ1) is 11.2. The van der Waals surface area contributed by atoms with E-state index in [1.807, 2.05) is 11.3 Å². The zero-order valence-corrected chi connectivity index (χ0v) is 14.3. The Bertz CT molecular complexity index is 806. The Kier molecular flexibility index (Phi) is 4.61. The molecule has 24 heavy (non-hydrogen) atoms. The number of thiophene rings is 1. The van der Waals surface area contributed by atoms with Gasteiger partial charge < -0.3 is 4.55 Å². The van der Waals surface area contributed by atoms with E-state index < -0.39 is 15.6 Å². The second-order valence-electron chi connectivity index (χ2n) is 6.10. The predicted octanol–water partition coefficient (Wildman–Crippen LogP) is 3.01. The summed E-state index contributed by atoms with van der Waals surface area (Å²) in [6, 6.07) is 0. The number of nitrogens with zero attached hydrogens (tertiary/aromatic N) is 1. The van der Waals surface area contributed by atoms with E-state index in [0.717, 1.165) is 5.92 Å². The number of alkyl halides is 3. The van der Waals surface area contributed by atoms with Gasteiger partial charge in [0.1, 0.15) is 6.54 Å². The fourth-order valence-corrected chi connectivity index (χ4v) is 4.28. The zero-order valence-electron chi connectivity index (χ0n) is 12.7. The van der Waals surface area contributed by atoms with Crippen LogP contribution < -0.4 is 0 Å². The Hall–Kier alpha value is -1.19. The van der Waals surface area contributed by atoms with Crippen molar-refractivity contribution in [2.24, 2.45) is 5.92 Å². The predicted molar refractivity (Wildman–Crippen MR) is 84.1 cm³/mol. The van der Waals surface area contributed by atoms with E-state index in [0.29, 0.717) is 0 Å². The van der Waals surface area contributed by atoms with E-state index in [4.69, 9.17) is 13.0 Å². The minimum atomic E-state index is -6.09. The highest BCUT2D eigenvalue weighted by Crippen LogP contribution is 2.36. The van der Waals surface area contributed by atoms with E-state index in [1.54, 1.807) is 16.8 Å². The second-order valence-corrected chi connectivity index (χ2v) is 8.22. The number of fused-ring (bicyclic) bond motifs is 3. The molecule has 0 aromatic carbocycles. The molecule has 4 rings (SSSR count). The minimum absolute atomic E-state index is 0.801. The Morgan fingerprint density at radius 2 is 1.96 bits per heavy atom. The first kappa shape index (κ1) is 17.6. The average molecular weight is 379 g/mol. The second kappa shape index (κ2) is 6.27. The lowest BCUT2D eigenvalue weighted by Crippen LogP contribution is -2.21. The molecule has 1 aromatic heterocycles. The molecule has 0 fully saturated rings. The molecule has 2 aliphatic heterocycles. The van der Waals surface area contributed by atoms with Gasteiger partial charge in [0.15, 0.2) is 22.4 Å². The van der Waals surface area contributed by atoms with Crippen molar-refractivity contribution in [1.82, 2.24) is 0 Å². The Labute approximate surface area is 142 Å². The van der Waals surface area contributed by atoms with Crippen LogP contribution in [0.25, 0.3) is 6.08 Å². The van der Waals surface area contributed by atoms with Gasteiger partial charge in [0.25, 0.3) is 0 Å². The van der Waals surface area contributed by atoms with E-state index in [2.05, 4.69) is 21.4 Å². The molecule has 0 spiro atoms. The van der Waals surface area contributed by atoms with Crippen LogP contribution in [-0.4, -0.2) is 41.9 Å². The zero-order chi connectivity index (χ0) is 17.5. The molecule has 4 nitrogen and oxygen atoms in total. The fraction of sp³-hybridized carbons (Fsp3) is 0.533. The van der Waals surface area contributed by atoms with Crippen LogP contribution in [0.1, 0.15) is 30.4 Å². The van der Waals surface area contributed by atoms with Crippen LogP contribution in [0.4, 0.5) is 13.2 Å². The van der Waals surface area contributed by atoms with Gasteiger partial charge >= 0.3 is 5.51 Å². The van der Waals surface area contributed by atoms with Crippen molar-refractivity contribution in [2.45, 2.75) is 31.2 Å². The fourth-order valence-electron chi connectivity index (χ4n) is 3.45. The van der Waals surface area contributed by atoms with Gasteiger partial charge in [-0.05, 0) is 40.8 Å². The molecule has 3 aliphatic rings. The number of hydrogen-bond acceptors (Lipinski definition) is 4. The molecular formula is C15H16F3NO3S2. The van der Waals surface area contributed by atoms with Crippen LogP contribution in [0.3, 0.4) is 0 Å². The first-order valence-corrected chi connectivity index (χ1v) is 9.92. The molecule has 1 unspecified atom stereocenters. The molecule has 0 saturated carbocycles. The maximum Gasteiger partial charge on any atom is 0.485 e. The van der Waals surface area contributed by atoms with Crippen molar-refractivity contribution in [2.75, 3.05) is 13.1 Å². The Balaban J connectivity index is 0.000000183. The van der Waals surface area contributed by atoms with Gasteiger partial charge in [-0.1, -0.05) is 0 Å². The number of hydrogen-bond donors (Lipinski definition) is 0. The lowest BCUT2D eigenvalue weighted by atomic mass is 9.84. The van der Waals surface area contributed by atoms with Crippen LogP contribution >= 0.6 is 11.3 Å². The molecule has 1 atom stereocenters. The number of halogens is 3. The standard InChI is InChI=1S/C14H16NS.CHF3O3S/c1-2-4-15-7-10-5-11-8-16-9-12(11)6-13(10)14(15)3-1;2-1(3,4)8(5,6)7/h6,8-10H,1-5,7H2;(H,5,6,7)/q+1;/p-1. The summed E-state index contributed by atoms with van der Waals surface area (Å²) in [5, 5.41) is 4.65. The van der Waals surface area contributed by atoms with Crippen LogP contribution in [0.2, 0.25) is 0 Å². The summed E-state index contributed by atoms with van der Waals surface area (Å²) in [6.07, 6.45) is 7.87. The normalized spacial score (nSPS) is 22.8. The summed E-state index contributed by atoms with van der Waals surface area (Å²) < 4.78 is 61.6. The molecule has 0 saturated heterocycles. The molecule has 0 bridgehead atoms. The third-order valence-corrected chi connectivity index (χ3v) is 5.90. The largest absolute Gasteiger partial charge is 0.741 e. The molecule has 1 aromatic rings. The van der Waals surface area contributed by atoms with Gasteiger partial charge in [-0.15, -0.1) is 0 Å². The maximum absolute atomic E-state index is 10.7. The SMILES string of the molecule is C1=C2C3=[N+](CCCC3)CC2Cc2cscc21.O=S(=O)([O-])C(F)(F)F. The smallest absolute Gasteiger partial charge is 0.485 e. The molecule has 0 N–H and O–H groups in total. The summed E-state index contributed by atoms with van der Waals surface area (Å²) in [4.78, 5) is 0. The first-order valence-electron chi connectivity index (χ1n) is 7.57. The molecule has 132 valence electrons. The van der Waals surface area contributed by atoms with Gasteiger partial charge in [0.2, 0.25) is 0 Å². The van der Waals surface area contributed by atoms with Crippen molar-refractivity contribution in [3.05, 3.63) is 27.5 Å². The van der Waals surface area contributed by atoms with E-state index >= 15 is 0 Å². The molecular weight excluding hydrogens is 363 g/mol. The van der Waals surface area contributed by atoms with Crippen LogP contribution in [0, 0.1) is 5.92 Å². The van der Waals surface area contributed by atoms with Crippen molar-refractivity contribution in [1.29, 1.82) is 0 Å². The molecule has 3 heterocycles. The lowest BCUT2D eigenvalue weighted by Gasteiger charge is -2.14. The monoisotopic (exact) mass is 379 g/mol. The number of rotatable bonds is 0. The summed E-state index contributed by atoms with van der Waals surface area (Å²) in [7, 11) is -6.09. The van der Waals surface area contributed by atoms with Crippen LogP contribution in [-0.2, 0) is 16.5 Å². The van der Waals surface area contributed by atoms with Crippen molar-refractivity contribution >= 4 is 33.2 Å². The van der Waals surface area contributed by atoms with E-state index in [1.165, 1.54) is 44.3 Å². The summed E-state index contributed by atoms with van der Waals surface area (Å²) in [6.45, 7) is 2.59. The van der Waals surface area contributed by atoms with Crippen molar-refractivity contribution < 1.29 is 30.7 Å². The van der Waals surface area contributed by atoms with Crippen molar-refractivity contribution in [3.8, 4) is 0 Å². The average Bonchev–Trinajstić information content (AvgIpc) is 3.06. The summed E-state index contributed by atoms with van der Waals surface area (Å²) in [5.41, 5.74) is 0.779. The van der Waals surface area contributed by atoms with Crippen LogP contribution in [0.5, 0.6) is 0 Å². The third-order valence-electron chi connectivity index (χ3n) is 4.52. The molecule has 0 radical (unpaired) electrons. The summed E-state index contributed by atoms with van der Waals surface area (Å²) >= 11 is 1.86. The molecule has 1 aliphatic carbocycles.